The number of hydrogen-bond acceptors (Lipinski definition) is 8. The molecule has 0 bridgehead atoms. The molecule has 0 aromatic heterocycles. The van der Waals surface area contributed by atoms with Crippen molar-refractivity contribution in [1.29, 1.82) is 0 Å². The van der Waals surface area contributed by atoms with Crippen LogP contribution in [0.3, 0.4) is 0 Å². The number of nitrogens with zero attached hydrogens (tertiary/aromatic N) is 3. The van der Waals surface area contributed by atoms with Crippen LogP contribution in [-0.2, 0) is 19.2 Å². The first kappa shape index (κ1) is 29.4. The van der Waals surface area contributed by atoms with E-state index in [1.807, 2.05) is 9.80 Å². The molecule has 2 aliphatic rings. The first-order valence-corrected chi connectivity index (χ1v) is 11.9. The maximum absolute atomic E-state index is 12.6. The van der Waals surface area contributed by atoms with Gasteiger partial charge in [-0.15, -0.1) is 0 Å². The number of aliphatic carboxylic acids is 2. The van der Waals surface area contributed by atoms with Crippen LogP contribution in [0, 0.1) is 0 Å². The normalized spacial score (nSPS) is 15.6. The largest absolute Gasteiger partial charge is 0.493 e. The minimum absolute atomic E-state index is 0.0470. The molecule has 0 atom stereocenters. The summed E-state index contributed by atoms with van der Waals surface area (Å²) < 4.78 is 16.0. The summed E-state index contributed by atoms with van der Waals surface area (Å²) in [7, 11) is 4.67. The number of likely N-dealkylation sites (tertiary alicyclic amines) is 1. The van der Waals surface area contributed by atoms with Crippen LogP contribution < -0.4 is 14.2 Å². The van der Waals surface area contributed by atoms with Crippen LogP contribution in [0.5, 0.6) is 17.2 Å². The smallest absolute Gasteiger partial charge is 0.314 e. The molecule has 0 spiro atoms. The van der Waals surface area contributed by atoms with Gasteiger partial charge in [-0.05, 0) is 36.6 Å². The zero-order valence-corrected chi connectivity index (χ0v) is 21.5. The molecule has 37 heavy (non-hydrogen) atoms. The molecule has 2 saturated heterocycles. The molecule has 0 radical (unpaired) electrons. The summed E-state index contributed by atoms with van der Waals surface area (Å²) in [5.74, 6) is -0.868. The Kier molecular flexibility index (Phi) is 11.7. The van der Waals surface area contributed by atoms with Gasteiger partial charge in [0.25, 0.3) is 0 Å². The van der Waals surface area contributed by atoms with Crippen LogP contribution in [0.4, 0.5) is 0 Å². The van der Waals surface area contributed by atoms with Gasteiger partial charge in [-0.3, -0.25) is 24.1 Å². The van der Waals surface area contributed by atoms with Crippen LogP contribution in [0.1, 0.15) is 24.8 Å². The average Bonchev–Trinajstić information content (AvgIpc) is 3.42. The van der Waals surface area contributed by atoms with Gasteiger partial charge in [0, 0.05) is 45.3 Å². The molecule has 0 aliphatic carbocycles. The van der Waals surface area contributed by atoms with Gasteiger partial charge < -0.3 is 34.2 Å². The first-order chi connectivity index (χ1) is 17.7. The lowest BCUT2D eigenvalue weighted by atomic mass is 10.1. The van der Waals surface area contributed by atoms with E-state index in [1.165, 1.54) is 0 Å². The number of carboxylic acid groups (broad SMARTS) is 2. The summed E-state index contributed by atoms with van der Waals surface area (Å²) >= 11 is 0. The second-order valence-corrected chi connectivity index (χ2v) is 8.45. The second-order valence-electron chi connectivity index (χ2n) is 8.45. The molecule has 1 aromatic rings. The molecule has 204 valence electrons. The highest BCUT2D eigenvalue weighted by Crippen LogP contribution is 2.38. The summed E-state index contributed by atoms with van der Waals surface area (Å²) in [4.78, 5) is 49.6. The lowest BCUT2D eigenvalue weighted by Gasteiger charge is -2.34. The molecule has 2 aliphatic heterocycles. The lowest BCUT2D eigenvalue weighted by Crippen LogP contribution is -2.51. The van der Waals surface area contributed by atoms with Crippen molar-refractivity contribution in [2.45, 2.75) is 19.3 Å². The van der Waals surface area contributed by atoms with Gasteiger partial charge in [-0.2, -0.15) is 0 Å². The van der Waals surface area contributed by atoms with E-state index < -0.39 is 18.4 Å². The molecular formula is C25H35N3O9. The van der Waals surface area contributed by atoms with Gasteiger partial charge in [-0.1, -0.05) is 0 Å². The Labute approximate surface area is 216 Å². The van der Waals surface area contributed by atoms with Crippen molar-refractivity contribution in [1.82, 2.24) is 14.7 Å². The fraction of sp³-hybridized carbons (Fsp3) is 0.520. The van der Waals surface area contributed by atoms with Gasteiger partial charge in [0.2, 0.25) is 17.6 Å². The molecule has 0 unspecified atom stereocenters. The Morgan fingerprint density at radius 2 is 1.35 bits per heavy atom. The van der Waals surface area contributed by atoms with Crippen molar-refractivity contribution in [3.63, 3.8) is 0 Å². The maximum Gasteiger partial charge on any atom is 0.314 e. The van der Waals surface area contributed by atoms with Crippen LogP contribution in [-0.4, -0.2) is 116 Å². The third kappa shape index (κ3) is 9.30. The van der Waals surface area contributed by atoms with E-state index in [9.17, 15) is 19.2 Å². The first-order valence-electron chi connectivity index (χ1n) is 11.9. The summed E-state index contributed by atoms with van der Waals surface area (Å²) in [5.41, 5.74) is 0.785. The van der Waals surface area contributed by atoms with Crippen molar-refractivity contribution in [2.75, 3.05) is 67.1 Å². The van der Waals surface area contributed by atoms with Crippen LogP contribution in [0.15, 0.2) is 18.2 Å². The van der Waals surface area contributed by atoms with E-state index >= 15 is 0 Å². The number of rotatable bonds is 9. The monoisotopic (exact) mass is 521 g/mol. The van der Waals surface area contributed by atoms with E-state index in [1.54, 1.807) is 45.6 Å². The maximum atomic E-state index is 12.6. The zero-order chi connectivity index (χ0) is 27.4. The summed E-state index contributed by atoms with van der Waals surface area (Å²) in [6.45, 7) is 4.86. The van der Waals surface area contributed by atoms with Crippen molar-refractivity contribution in [3.05, 3.63) is 23.8 Å². The predicted octanol–water partition coefficient (Wildman–Crippen LogP) is 1.04. The van der Waals surface area contributed by atoms with Crippen LogP contribution in [0.2, 0.25) is 0 Å². The molecule has 2 fully saturated rings. The van der Waals surface area contributed by atoms with Crippen molar-refractivity contribution in [3.8, 4) is 17.2 Å². The number of benzene rings is 1. The molecule has 1 aromatic carbocycles. The van der Waals surface area contributed by atoms with Gasteiger partial charge in [0.05, 0.1) is 27.9 Å². The van der Waals surface area contributed by atoms with Gasteiger partial charge in [-0.25, -0.2) is 0 Å². The van der Waals surface area contributed by atoms with E-state index in [-0.39, 0.29) is 11.8 Å². The van der Waals surface area contributed by atoms with Gasteiger partial charge in [0.15, 0.2) is 11.5 Å². The SMILES string of the molecule is COc1cc(/C=C/C(=O)N2CCN(CC(=O)N3CCCC3)CC2)cc(OC)c1OC.O=C(O)CC(=O)O. The standard InChI is InChI=1S/C22H31N3O5.C3H4O4/c1-28-18-14-17(15-19(29-2)22(18)30-3)6-7-20(26)25-12-10-23(11-13-25)16-21(27)24-8-4-5-9-24;4-2(5)1-3(6)7/h6-7,14-15H,4-5,8-13,16H2,1-3H3;1H2,(H,4,5)(H,6,7)/b7-6+;. The Balaban J connectivity index is 0.000000604. The highest BCUT2D eigenvalue weighted by atomic mass is 16.5. The number of carbonyl (C=O) groups is 4. The Bertz CT molecular complexity index is 945. The second kappa shape index (κ2) is 14.7. The fourth-order valence-electron chi connectivity index (χ4n) is 3.98. The number of methoxy groups -OCH3 is 3. The number of piperazine rings is 1. The minimum Gasteiger partial charge on any atom is -0.493 e. The number of ether oxygens (including phenoxy) is 3. The van der Waals surface area contributed by atoms with Gasteiger partial charge >= 0.3 is 11.9 Å². The molecule has 2 N–H and O–H groups in total. The van der Waals surface area contributed by atoms with E-state index in [2.05, 4.69) is 4.90 Å². The molecule has 12 nitrogen and oxygen atoms in total. The summed E-state index contributed by atoms with van der Waals surface area (Å²) in [5, 5.41) is 15.4. The zero-order valence-electron chi connectivity index (χ0n) is 21.5. The number of carboxylic acids is 2. The lowest BCUT2D eigenvalue weighted by molar-refractivity contribution is -0.147. The third-order valence-corrected chi connectivity index (χ3v) is 5.91. The predicted molar refractivity (Wildman–Crippen MR) is 134 cm³/mol. The fourth-order valence-corrected chi connectivity index (χ4v) is 3.98. The van der Waals surface area contributed by atoms with Gasteiger partial charge in [0.1, 0.15) is 6.42 Å². The van der Waals surface area contributed by atoms with E-state index in [0.29, 0.717) is 50.0 Å². The third-order valence-electron chi connectivity index (χ3n) is 5.91. The molecule has 2 amide bonds. The average molecular weight is 522 g/mol. The van der Waals surface area contributed by atoms with Crippen molar-refractivity contribution < 1.29 is 43.6 Å². The minimum atomic E-state index is -1.31. The molecule has 3 rings (SSSR count). The van der Waals surface area contributed by atoms with Crippen molar-refractivity contribution >= 4 is 29.8 Å². The van der Waals surface area contributed by atoms with Crippen LogP contribution in [0.25, 0.3) is 6.08 Å². The summed E-state index contributed by atoms with van der Waals surface area (Å²) in [6.07, 6.45) is 4.71. The number of hydrogen-bond donors (Lipinski definition) is 2. The molecule has 0 saturated carbocycles. The number of carbonyl (C=O) groups excluding carboxylic acids is 2. The Hall–Kier alpha value is -3.80. The number of amides is 2. The van der Waals surface area contributed by atoms with Crippen LogP contribution >= 0.6 is 0 Å². The van der Waals surface area contributed by atoms with Crippen molar-refractivity contribution in [2.24, 2.45) is 0 Å². The Morgan fingerprint density at radius 3 is 1.78 bits per heavy atom. The van der Waals surface area contributed by atoms with E-state index in [0.717, 1.165) is 31.5 Å². The molecular weight excluding hydrogens is 486 g/mol. The molecule has 2 heterocycles. The van der Waals surface area contributed by atoms with E-state index in [4.69, 9.17) is 24.4 Å². The molecule has 12 heteroatoms. The topological polar surface area (TPSA) is 146 Å². The highest BCUT2D eigenvalue weighted by Gasteiger charge is 2.24. The quantitative estimate of drug-likeness (QED) is 0.357. The summed E-state index contributed by atoms with van der Waals surface area (Å²) in [6, 6.07) is 3.60. The Morgan fingerprint density at radius 1 is 0.811 bits per heavy atom. The highest BCUT2D eigenvalue weighted by molar-refractivity contribution is 5.92.